The van der Waals surface area contributed by atoms with Crippen molar-refractivity contribution in [3.8, 4) is 11.3 Å². The van der Waals surface area contributed by atoms with Gasteiger partial charge in [0, 0.05) is 11.9 Å². The van der Waals surface area contributed by atoms with Gasteiger partial charge >= 0.3 is 22.4 Å². The van der Waals surface area contributed by atoms with Gasteiger partial charge in [0.1, 0.15) is 0 Å². The summed E-state index contributed by atoms with van der Waals surface area (Å²) in [7, 11) is 2.68. The van der Waals surface area contributed by atoms with Crippen molar-refractivity contribution < 1.29 is 22.4 Å². The van der Waals surface area contributed by atoms with E-state index in [9.17, 15) is 0 Å². The van der Waals surface area contributed by atoms with Crippen molar-refractivity contribution in [2.24, 2.45) is 0 Å². The molecule has 0 saturated carbocycles. The molecule has 0 amide bonds. The summed E-state index contributed by atoms with van der Waals surface area (Å²) in [6.07, 6.45) is 0.868. The third-order valence-corrected chi connectivity index (χ3v) is 2.95. The van der Waals surface area contributed by atoms with E-state index in [1.54, 1.807) is 0 Å². The van der Waals surface area contributed by atoms with Crippen LogP contribution in [0.3, 0.4) is 0 Å². The maximum atomic E-state index is 5.27. The van der Waals surface area contributed by atoms with Gasteiger partial charge in [-0.2, -0.15) is 4.90 Å². The Kier molecular flexibility index (Phi) is 5.60. The Balaban J connectivity index is 0.00000128. The zero-order valence-corrected chi connectivity index (χ0v) is 12.6. The Morgan fingerprint density at radius 2 is 1.81 bits per heavy atom. The predicted molar refractivity (Wildman–Crippen MR) is 68.7 cm³/mol. The van der Waals surface area contributed by atoms with Crippen LogP contribution in [0, 0.1) is 0 Å². The predicted octanol–water partition coefficient (Wildman–Crippen LogP) is 3.03. The van der Waals surface area contributed by atoms with E-state index in [-0.39, 0.29) is 22.4 Å². The summed E-state index contributed by atoms with van der Waals surface area (Å²) in [5.74, 6) is 0. The molecule has 1 unspecified atom stereocenters. The fourth-order valence-corrected chi connectivity index (χ4v) is 1.90. The molecule has 1 heterocycles. The zero-order valence-electron chi connectivity index (χ0n) is 8.48. The van der Waals surface area contributed by atoms with Gasteiger partial charge < -0.3 is 12.6 Å². The van der Waals surface area contributed by atoms with Crippen molar-refractivity contribution in [3.05, 3.63) is 48.2 Å². The molecule has 0 aliphatic carbocycles. The molecule has 2 aromatic rings. The molecule has 1 nitrogen and oxygen atoms in total. The Bertz CT molecular complexity index is 476. The van der Waals surface area contributed by atoms with Crippen molar-refractivity contribution in [2.75, 3.05) is 0 Å². The number of benzene rings is 1. The van der Waals surface area contributed by atoms with Crippen LogP contribution in [0.5, 0.6) is 0 Å². The molecule has 0 saturated heterocycles. The molecule has 2 rings (SSSR count). The van der Waals surface area contributed by atoms with Gasteiger partial charge in [-0.15, -0.1) is 9.24 Å². The van der Waals surface area contributed by atoms with Crippen molar-refractivity contribution >= 4 is 21.9 Å². The molecule has 0 radical (unpaired) electrons. The van der Waals surface area contributed by atoms with Crippen molar-refractivity contribution in [2.45, 2.75) is 11.1 Å². The molecule has 0 aliphatic heterocycles. The van der Waals surface area contributed by atoms with E-state index in [0.29, 0.717) is 0 Å². The first-order valence-electron chi connectivity index (χ1n) is 4.73. The summed E-state index contributed by atoms with van der Waals surface area (Å²) >= 11 is 5.27. The van der Waals surface area contributed by atoms with Crippen LogP contribution in [0.2, 0.25) is 0 Å². The molecule has 1 aromatic carbocycles. The first kappa shape index (κ1) is 13.8. The van der Waals surface area contributed by atoms with Crippen LogP contribution >= 0.6 is 9.24 Å². The summed E-state index contributed by atoms with van der Waals surface area (Å²) in [6, 6.07) is 13.9. The molecule has 0 aliphatic rings. The van der Waals surface area contributed by atoms with E-state index in [0.717, 1.165) is 28.0 Å². The standard InChI is InChI=1S/C12H12NPS.Au/c14-8-9-4-3-6-11(13-9)10-5-1-2-7-12(10)15;/h1-7,15H,8,14H2;/q;+1/p-1. The SMILES string of the molecule is PCc1cccc(-c2ccccc2[S-])n1.[Au+]. The number of rotatable bonds is 2. The fraction of sp³-hybridized carbons (Fsp3) is 0.0833. The average Bonchev–Trinajstić information content (AvgIpc) is 2.30. The zero-order chi connectivity index (χ0) is 10.7. The molecule has 0 fully saturated rings. The summed E-state index contributed by atoms with van der Waals surface area (Å²) < 4.78 is 0. The van der Waals surface area contributed by atoms with E-state index in [1.807, 2.05) is 42.5 Å². The maximum absolute atomic E-state index is 5.27. The quantitative estimate of drug-likeness (QED) is 0.414. The molecular formula is C12H11AuNPS. The minimum atomic E-state index is 0. The molecule has 1 atom stereocenters. The Labute approximate surface area is 119 Å². The van der Waals surface area contributed by atoms with E-state index in [4.69, 9.17) is 12.6 Å². The fourth-order valence-electron chi connectivity index (χ4n) is 1.42. The number of hydrogen-bond donors (Lipinski definition) is 0. The first-order chi connectivity index (χ1) is 7.31. The number of nitrogens with zero attached hydrogens (tertiary/aromatic N) is 1. The monoisotopic (exact) mass is 429 g/mol. The molecule has 86 valence electrons. The minimum absolute atomic E-state index is 0. The van der Waals surface area contributed by atoms with Gasteiger partial charge in [-0.25, -0.2) is 0 Å². The topological polar surface area (TPSA) is 12.9 Å². The third-order valence-electron chi connectivity index (χ3n) is 2.18. The molecule has 0 N–H and O–H groups in total. The minimum Gasteiger partial charge on any atom is -0.779 e. The Hall–Kier alpha value is -0.240. The summed E-state index contributed by atoms with van der Waals surface area (Å²) in [5, 5.41) is 0. The number of pyridine rings is 1. The maximum Gasteiger partial charge on any atom is 1.00 e. The van der Waals surface area contributed by atoms with E-state index in [2.05, 4.69) is 14.2 Å². The van der Waals surface area contributed by atoms with Crippen molar-refractivity contribution in [1.29, 1.82) is 0 Å². The Morgan fingerprint density at radius 1 is 1.06 bits per heavy atom. The van der Waals surface area contributed by atoms with Crippen LogP contribution in [-0.2, 0) is 41.2 Å². The smallest absolute Gasteiger partial charge is 0.779 e. The summed E-state index contributed by atoms with van der Waals surface area (Å²) in [6.45, 7) is 0. The summed E-state index contributed by atoms with van der Waals surface area (Å²) in [5.41, 5.74) is 3.06. The van der Waals surface area contributed by atoms with Gasteiger partial charge in [0.25, 0.3) is 0 Å². The number of aromatic nitrogens is 1. The second-order valence-electron chi connectivity index (χ2n) is 3.21. The second kappa shape index (κ2) is 6.48. The average molecular weight is 429 g/mol. The molecule has 0 bridgehead atoms. The van der Waals surface area contributed by atoms with Crippen LogP contribution in [-0.4, -0.2) is 4.98 Å². The first-order valence-corrected chi connectivity index (χ1v) is 5.96. The largest absolute Gasteiger partial charge is 1.00 e. The summed E-state index contributed by atoms with van der Waals surface area (Å²) in [4.78, 5) is 5.39. The van der Waals surface area contributed by atoms with Gasteiger partial charge in [-0.3, -0.25) is 4.98 Å². The van der Waals surface area contributed by atoms with E-state index < -0.39 is 0 Å². The van der Waals surface area contributed by atoms with Crippen LogP contribution in [0.4, 0.5) is 0 Å². The van der Waals surface area contributed by atoms with E-state index >= 15 is 0 Å². The van der Waals surface area contributed by atoms with Gasteiger partial charge in [-0.05, 0) is 17.7 Å². The van der Waals surface area contributed by atoms with Gasteiger partial charge in [0.15, 0.2) is 0 Å². The third kappa shape index (κ3) is 3.13. The Morgan fingerprint density at radius 3 is 2.50 bits per heavy atom. The van der Waals surface area contributed by atoms with Gasteiger partial charge in [0.2, 0.25) is 0 Å². The van der Waals surface area contributed by atoms with Crippen molar-refractivity contribution in [1.82, 2.24) is 4.98 Å². The van der Waals surface area contributed by atoms with E-state index in [1.165, 1.54) is 0 Å². The molecule has 1 aromatic heterocycles. The van der Waals surface area contributed by atoms with Crippen LogP contribution in [0.1, 0.15) is 5.69 Å². The van der Waals surface area contributed by atoms with Gasteiger partial charge in [0.05, 0.1) is 5.69 Å². The number of hydrogen-bond acceptors (Lipinski definition) is 2. The van der Waals surface area contributed by atoms with Crippen molar-refractivity contribution in [3.63, 3.8) is 0 Å². The van der Waals surface area contributed by atoms with Crippen LogP contribution in [0.15, 0.2) is 47.4 Å². The van der Waals surface area contributed by atoms with Gasteiger partial charge in [-0.1, -0.05) is 30.3 Å². The molecule has 16 heavy (non-hydrogen) atoms. The van der Waals surface area contributed by atoms with Crippen LogP contribution in [0.25, 0.3) is 11.3 Å². The molecule has 0 spiro atoms. The molecular weight excluding hydrogens is 418 g/mol. The second-order valence-corrected chi connectivity index (χ2v) is 4.06. The normalized spacial score (nSPS) is 9.56. The van der Waals surface area contributed by atoms with Crippen LogP contribution < -0.4 is 0 Å². The molecule has 4 heteroatoms.